The summed E-state index contributed by atoms with van der Waals surface area (Å²) in [5, 5.41) is 13.7. The molecular formula is C11H15FN2O2. The smallest absolute Gasteiger partial charge is 0.319 e. The monoisotopic (exact) mass is 226 g/mol. The predicted octanol–water partition coefficient (Wildman–Crippen LogP) is 1.64. The minimum absolute atomic E-state index is 0.143. The average molecular weight is 226 g/mol. The first kappa shape index (κ1) is 12.4. The average Bonchev–Trinajstić information content (AvgIpc) is 2.23. The summed E-state index contributed by atoms with van der Waals surface area (Å²) >= 11 is 0. The fourth-order valence-corrected chi connectivity index (χ4v) is 1.11. The Morgan fingerprint density at radius 3 is 2.81 bits per heavy atom. The summed E-state index contributed by atoms with van der Waals surface area (Å²) in [5.74, 6) is -0.368. The molecular weight excluding hydrogens is 211 g/mol. The van der Waals surface area contributed by atoms with E-state index in [1.165, 1.54) is 6.07 Å². The second-order valence-corrected chi connectivity index (χ2v) is 3.65. The number of urea groups is 1. The highest BCUT2D eigenvalue weighted by atomic mass is 19.1. The van der Waals surface area contributed by atoms with Gasteiger partial charge >= 0.3 is 6.03 Å². The summed E-state index contributed by atoms with van der Waals surface area (Å²) in [4.78, 5) is 11.3. The number of amides is 2. The number of hydrogen-bond donors (Lipinski definition) is 3. The molecule has 0 unspecified atom stereocenters. The molecule has 1 rings (SSSR count). The van der Waals surface area contributed by atoms with Crippen LogP contribution >= 0.6 is 0 Å². The highest BCUT2D eigenvalue weighted by Gasteiger charge is 2.06. The minimum Gasteiger partial charge on any atom is -0.394 e. The van der Waals surface area contributed by atoms with Gasteiger partial charge in [-0.3, -0.25) is 0 Å². The molecule has 0 aliphatic carbocycles. The lowest BCUT2D eigenvalue weighted by Gasteiger charge is -2.12. The molecule has 1 aromatic carbocycles. The molecule has 0 saturated carbocycles. The third-order valence-electron chi connectivity index (χ3n) is 2.08. The van der Waals surface area contributed by atoms with E-state index in [-0.39, 0.29) is 18.5 Å². The maximum absolute atomic E-state index is 13.1. The molecule has 4 nitrogen and oxygen atoms in total. The van der Waals surface area contributed by atoms with Gasteiger partial charge in [-0.2, -0.15) is 0 Å². The van der Waals surface area contributed by atoms with Crippen LogP contribution in [-0.2, 0) is 0 Å². The number of carbonyl (C=O) groups excluding carboxylic acids is 1. The number of aliphatic hydroxyl groups is 1. The van der Waals surface area contributed by atoms with Crippen LogP contribution in [0, 0.1) is 12.7 Å². The van der Waals surface area contributed by atoms with Crippen molar-refractivity contribution < 1.29 is 14.3 Å². The SMILES string of the molecule is Cc1ccc(NC(=O)N[C@@H](C)CO)cc1F. The van der Waals surface area contributed by atoms with E-state index in [4.69, 9.17) is 5.11 Å². The first-order chi connectivity index (χ1) is 7.52. The number of carbonyl (C=O) groups is 1. The van der Waals surface area contributed by atoms with Crippen LogP contribution in [0.2, 0.25) is 0 Å². The second kappa shape index (κ2) is 5.46. The van der Waals surface area contributed by atoms with Gasteiger partial charge in [-0.05, 0) is 31.5 Å². The van der Waals surface area contributed by atoms with E-state index in [1.807, 2.05) is 0 Å². The van der Waals surface area contributed by atoms with Gasteiger partial charge in [0.2, 0.25) is 0 Å². The van der Waals surface area contributed by atoms with Crippen LogP contribution in [-0.4, -0.2) is 23.8 Å². The van der Waals surface area contributed by atoms with Gasteiger partial charge in [0, 0.05) is 5.69 Å². The molecule has 0 aliphatic heterocycles. The summed E-state index contributed by atoms with van der Waals surface area (Å²) in [6, 6.07) is 3.64. The Hall–Kier alpha value is -1.62. The van der Waals surface area contributed by atoms with Crippen LogP contribution in [0.1, 0.15) is 12.5 Å². The molecule has 0 fully saturated rings. The van der Waals surface area contributed by atoms with Crippen LogP contribution in [0.25, 0.3) is 0 Å². The number of benzene rings is 1. The first-order valence-corrected chi connectivity index (χ1v) is 4.97. The molecule has 88 valence electrons. The lowest BCUT2D eigenvalue weighted by molar-refractivity contribution is 0.229. The van der Waals surface area contributed by atoms with Crippen molar-refractivity contribution in [3.8, 4) is 0 Å². The van der Waals surface area contributed by atoms with E-state index in [0.717, 1.165) is 0 Å². The quantitative estimate of drug-likeness (QED) is 0.733. The molecule has 0 aliphatic rings. The van der Waals surface area contributed by atoms with Gasteiger partial charge in [0.25, 0.3) is 0 Å². The summed E-state index contributed by atoms with van der Waals surface area (Å²) in [6.45, 7) is 3.16. The van der Waals surface area contributed by atoms with Crippen molar-refractivity contribution in [3.05, 3.63) is 29.6 Å². The molecule has 0 heterocycles. The van der Waals surface area contributed by atoms with Crippen LogP contribution < -0.4 is 10.6 Å². The van der Waals surface area contributed by atoms with Crippen molar-refractivity contribution in [3.63, 3.8) is 0 Å². The minimum atomic E-state index is -0.468. The highest BCUT2D eigenvalue weighted by molar-refractivity contribution is 5.89. The molecule has 3 N–H and O–H groups in total. The largest absolute Gasteiger partial charge is 0.394 e. The number of aryl methyl sites for hydroxylation is 1. The fourth-order valence-electron chi connectivity index (χ4n) is 1.11. The standard InChI is InChI=1S/C11H15FN2O2/c1-7-3-4-9(5-10(7)12)14-11(16)13-8(2)6-15/h3-5,8,15H,6H2,1-2H3,(H2,13,14,16)/t8-/m0/s1. The van der Waals surface area contributed by atoms with E-state index < -0.39 is 6.03 Å². The van der Waals surface area contributed by atoms with E-state index >= 15 is 0 Å². The van der Waals surface area contributed by atoms with Gasteiger partial charge in [0.1, 0.15) is 5.82 Å². The third-order valence-corrected chi connectivity index (χ3v) is 2.08. The van der Waals surface area contributed by atoms with Crippen LogP contribution in [0.15, 0.2) is 18.2 Å². The third kappa shape index (κ3) is 3.51. The Morgan fingerprint density at radius 2 is 2.25 bits per heavy atom. The molecule has 5 heteroatoms. The second-order valence-electron chi connectivity index (χ2n) is 3.65. The van der Waals surface area contributed by atoms with Crippen molar-refractivity contribution in [2.45, 2.75) is 19.9 Å². The number of hydrogen-bond acceptors (Lipinski definition) is 2. The van der Waals surface area contributed by atoms with Crippen LogP contribution in [0.3, 0.4) is 0 Å². The Kier molecular flexibility index (Phi) is 4.25. The molecule has 0 aromatic heterocycles. The molecule has 0 spiro atoms. The van der Waals surface area contributed by atoms with Crippen molar-refractivity contribution in [2.75, 3.05) is 11.9 Å². The first-order valence-electron chi connectivity index (χ1n) is 4.97. The number of anilines is 1. The highest BCUT2D eigenvalue weighted by Crippen LogP contribution is 2.13. The van der Waals surface area contributed by atoms with E-state index in [9.17, 15) is 9.18 Å². The number of nitrogens with one attached hydrogen (secondary N) is 2. The predicted molar refractivity (Wildman–Crippen MR) is 59.8 cm³/mol. The van der Waals surface area contributed by atoms with Crippen molar-refractivity contribution in [1.82, 2.24) is 5.32 Å². The van der Waals surface area contributed by atoms with Crippen LogP contribution in [0.5, 0.6) is 0 Å². The zero-order valence-corrected chi connectivity index (χ0v) is 9.25. The lowest BCUT2D eigenvalue weighted by atomic mass is 10.2. The Morgan fingerprint density at radius 1 is 1.56 bits per heavy atom. The Balaban J connectivity index is 2.59. The number of halogens is 1. The van der Waals surface area contributed by atoms with Gasteiger partial charge in [-0.15, -0.1) is 0 Å². The van der Waals surface area contributed by atoms with Gasteiger partial charge in [0.15, 0.2) is 0 Å². The fraction of sp³-hybridized carbons (Fsp3) is 0.364. The molecule has 1 atom stereocenters. The molecule has 1 aromatic rings. The van der Waals surface area contributed by atoms with Gasteiger partial charge in [-0.25, -0.2) is 9.18 Å². The molecule has 0 bridgehead atoms. The van der Waals surface area contributed by atoms with Crippen LogP contribution in [0.4, 0.5) is 14.9 Å². The summed E-state index contributed by atoms with van der Waals surface area (Å²) < 4.78 is 13.1. The van der Waals surface area contributed by atoms with Crippen molar-refractivity contribution in [2.24, 2.45) is 0 Å². The van der Waals surface area contributed by atoms with Gasteiger partial charge in [-0.1, -0.05) is 6.07 Å². The summed E-state index contributed by atoms with van der Waals surface area (Å²) in [6.07, 6.45) is 0. The van der Waals surface area contributed by atoms with Crippen molar-refractivity contribution >= 4 is 11.7 Å². The van der Waals surface area contributed by atoms with E-state index in [1.54, 1.807) is 26.0 Å². The zero-order chi connectivity index (χ0) is 12.1. The maximum atomic E-state index is 13.1. The molecule has 0 radical (unpaired) electrons. The maximum Gasteiger partial charge on any atom is 0.319 e. The zero-order valence-electron chi connectivity index (χ0n) is 9.25. The topological polar surface area (TPSA) is 61.4 Å². The van der Waals surface area contributed by atoms with Crippen molar-refractivity contribution in [1.29, 1.82) is 0 Å². The Bertz CT molecular complexity index is 382. The molecule has 2 amide bonds. The van der Waals surface area contributed by atoms with E-state index in [0.29, 0.717) is 11.3 Å². The van der Waals surface area contributed by atoms with Gasteiger partial charge in [0.05, 0.1) is 12.6 Å². The molecule has 0 saturated heterocycles. The Labute approximate surface area is 93.5 Å². The summed E-state index contributed by atoms with van der Waals surface area (Å²) in [5.41, 5.74) is 0.903. The summed E-state index contributed by atoms with van der Waals surface area (Å²) in [7, 11) is 0. The van der Waals surface area contributed by atoms with E-state index in [2.05, 4.69) is 10.6 Å². The number of rotatable bonds is 3. The lowest BCUT2D eigenvalue weighted by Crippen LogP contribution is -2.38. The molecule has 16 heavy (non-hydrogen) atoms. The van der Waals surface area contributed by atoms with Gasteiger partial charge < -0.3 is 15.7 Å². The normalized spacial score (nSPS) is 12.0. The number of aliphatic hydroxyl groups excluding tert-OH is 1.